The average molecular weight is 331 g/mol. The zero-order valence-corrected chi connectivity index (χ0v) is 14.4. The summed E-state index contributed by atoms with van der Waals surface area (Å²) in [5.74, 6) is 0.908. The number of hydrogen-bond acceptors (Lipinski definition) is 4. The summed E-state index contributed by atoms with van der Waals surface area (Å²) in [5.41, 5.74) is 5.93. The van der Waals surface area contributed by atoms with E-state index in [4.69, 9.17) is 9.97 Å². The van der Waals surface area contributed by atoms with Gasteiger partial charge in [-0.2, -0.15) is 5.10 Å². The molecule has 5 rings (SSSR count). The van der Waals surface area contributed by atoms with Crippen LogP contribution >= 0.6 is 0 Å². The van der Waals surface area contributed by atoms with Crippen LogP contribution in [0.5, 0.6) is 0 Å². The fourth-order valence-corrected chi connectivity index (χ4v) is 3.79. The highest BCUT2D eigenvalue weighted by Crippen LogP contribution is 2.34. The van der Waals surface area contributed by atoms with E-state index in [-0.39, 0.29) is 0 Å². The Morgan fingerprint density at radius 3 is 2.64 bits per heavy atom. The Kier molecular flexibility index (Phi) is 3.33. The molecular weight excluding hydrogens is 310 g/mol. The lowest BCUT2D eigenvalue weighted by atomic mass is 10.0. The molecule has 3 aromatic rings. The summed E-state index contributed by atoms with van der Waals surface area (Å²) >= 11 is 0. The van der Waals surface area contributed by atoms with Crippen molar-refractivity contribution in [1.82, 2.24) is 19.7 Å². The van der Waals surface area contributed by atoms with E-state index < -0.39 is 0 Å². The summed E-state index contributed by atoms with van der Waals surface area (Å²) in [4.78, 5) is 12.2. The lowest BCUT2D eigenvalue weighted by Gasteiger charge is -2.39. The zero-order chi connectivity index (χ0) is 16.8. The van der Waals surface area contributed by atoms with Gasteiger partial charge in [-0.3, -0.25) is 0 Å². The van der Waals surface area contributed by atoms with Crippen molar-refractivity contribution in [1.29, 1.82) is 0 Å². The molecule has 0 saturated carbocycles. The number of fused-ring (bicyclic) bond motifs is 1. The molecule has 1 fully saturated rings. The first kappa shape index (κ1) is 14.6. The van der Waals surface area contributed by atoms with Crippen molar-refractivity contribution in [3.8, 4) is 16.9 Å². The third-order valence-corrected chi connectivity index (χ3v) is 5.41. The molecule has 0 amide bonds. The number of nitrogens with zero attached hydrogens (tertiary/aromatic N) is 5. The van der Waals surface area contributed by atoms with Crippen molar-refractivity contribution < 1.29 is 0 Å². The molecule has 1 unspecified atom stereocenters. The van der Waals surface area contributed by atoms with Gasteiger partial charge in [-0.1, -0.05) is 12.1 Å². The van der Waals surface area contributed by atoms with E-state index in [1.165, 1.54) is 29.7 Å². The standard InChI is InChI=1S/C20H21N5/c1-14-10-13-24(14)20-22-18-5-2-4-17(18)19(23-20)15-6-8-16(9-7-15)25-12-3-11-21-25/h3,6-9,11-12,14H,2,4-5,10,13H2,1H3. The molecule has 1 atom stereocenters. The van der Waals surface area contributed by atoms with Gasteiger partial charge in [0.25, 0.3) is 0 Å². The number of anilines is 1. The minimum Gasteiger partial charge on any atom is -0.338 e. The summed E-state index contributed by atoms with van der Waals surface area (Å²) in [7, 11) is 0. The predicted molar refractivity (Wildman–Crippen MR) is 98.0 cm³/mol. The third kappa shape index (κ3) is 2.42. The predicted octanol–water partition coefficient (Wildman–Crippen LogP) is 3.42. The monoisotopic (exact) mass is 331 g/mol. The fourth-order valence-electron chi connectivity index (χ4n) is 3.79. The summed E-state index contributed by atoms with van der Waals surface area (Å²) in [6.45, 7) is 3.32. The van der Waals surface area contributed by atoms with Gasteiger partial charge in [0.05, 0.1) is 11.4 Å². The molecular formula is C20H21N5. The first-order valence-corrected chi connectivity index (χ1v) is 9.06. The molecule has 3 heterocycles. The van der Waals surface area contributed by atoms with Crippen molar-refractivity contribution in [2.75, 3.05) is 11.4 Å². The minimum atomic E-state index is 0.550. The molecule has 0 spiro atoms. The highest BCUT2D eigenvalue weighted by Gasteiger charge is 2.29. The lowest BCUT2D eigenvalue weighted by molar-refractivity contribution is 0.470. The maximum Gasteiger partial charge on any atom is 0.226 e. The van der Waals surface area contributed by atoms with Crippen molar-refractivity contribution in [3.05, 3.63) is 54.0 Å². The highest BCUT2D eigenvalue weighted by atomic mass is 15.3. The first-order chi connectivity index (χ1) is 12.3. The van der Waals surface area contributed by atoms with Gasteiger partial charge in [0.2, 0.25) is 5.95 Å². The second-order valence-corrected chi connectivity index (χ2v) is 6.98. The second-order valence-electron chi connectivity index (χ2n) is 6.98. The maximum absolute atomic E-state index is 4.97. The molecule has 1 saturated heterocycles. The summed E-state index contributed by atoms with van der Waals surface area (Å²) in [6, 6.07) is 11.0. The third-order valence-electron chi connectivity index (χ3n) is 5.41. The molecule has 126 valence electrons. The van der Waals surface area contributed by atoms with Crippen molar-refractivity contribution >= 4 is 5.95 Å². The number of rotatable bonds is 3. The Morgan fingerprint density at radius 1 is 1.08 bits per heavy atom. The van der Waals surface area contributed by atoms with Gasteiger partial charge in [-0.15, -0.1) is 0 Å². The largest absolute Gasteiger partial charge is 0.338 e. The molecule has 1 aromatic carbocycles. The van der Waals surface area contributed by atoms with Gasteiger partial charge in [-0.25, -0.2) is 14.6 Å². The fraction of sp³-hybridized carbons (Fsp3) is 0.350. The van der Waals surface area contributed by atoms with E-state index in [0.717, 1.165) is 36.7 Å². The number of aromatic nitrogens is 4. The first-order valence-electron chi connectivity index (χ1n) is 9.06. The van der Waals surface area contributed by atoms with Crippen LogP contribution in [-0.4, -0.2) is 32.3 Å². The van der Waals surface area contributed by atoms with Crippen molar-refractivity contribution in [3.63, 3.8) is 0 Å². The van der Waals surface area contributed by atoms with Crippen LogP contribution in [-0.2, 0) is 12.8 Å². The van der Waals surface area contributed by atoms with E-state index in [9.17, 15) is 0 Å². The van der Waals surface area contributed by atoms with E-state index in [2.05, 4.69) is 41.2 Å². The van der Waals surface area contributed by atoms with Crippen molar-refractivity contribution in [2.45, 2.75) is 38.6 Å². The van der Waals surface area contributed by atoms with Crippen LogP contribution in [0.1, 0.15) is 31.0 Å². The second kappa shape index (κ2) is 5.69. The van der Waals surface area contributed by atoms with E-state index in [1.54, 1.807) is 6.20 Å². The molecule has 0 radical (unpaired) electrons. The van der Waals surface area contributed by atoms with Crippen LogP contribution < -0.4 is 4.90 Å². The van der Waals surface area contributed by atoms with Crippen LogP contribution in [0.25, 0.3) is 16.9 Å². The molecule has 2 aromatic heterocycles. The lowest BCUT2D eigenvalue weighted by Crippen LogP contribution is -2.46. The molecule has 0 bridgehead atoms. The molecule has 1 aliphatic carbocycles. The van der Waals surface area contributed by atoms with Gasteiger partial charge >= 0.3 is 0 Å². The Balaban J connectivity index is 1.56. The highest BCUT2D eigenvalue weighted by molar-refractivity contribution is 5.67. The quantitative estimate of drug-likeness (QED) is 0.738. The number of benzene rings is 1. The summed E-state index contributed by atoms with van der Waals surface area (Å²) in [6.07, 6.45) is 8.33. The Morgan fingerprint density at radius 2 is 1.96 bits per heavy atom. The van der Waals surface area contributed by atoms with Gasteiger partial charge in [-0.05, 0) is 50.8 Å². The van der Waals surface area contributed by atoms with Gasteiger partial charge in [0, 0.05) is 41.8 Å². The number of hydrogen-bond donors (Lipinski definition) is 0. The maximum atomic E-state index is 4.97. The Hall–Kier alpha value is -2.69. The topological polar surface area (TPSA) is 46.8 Å². The SMILES string of the molecule is CC1CCN1c1nc2c(c(-c3ccc(-n4cccn4)cc3)n1)CCC2. The van der Waals surface area contributed by atoms with E-state index in [0.29, 0.717) is 6.04 Å². The van der Waals surface area contributed by atoms with Gasteiger partial charge in [0.1, 0.15) is 0 Å². The van der Waals surface area contributed by atoms with Crippen LogP contribution in [0, 0.1) is 0 Å². The molecule has 0 N–H and O–H groups in total. The number of aryl methyl sites for hydroxylation is 1. The van der Waals surface area contributed by atoms with Crippen molar-refractivity contribution in [2.24, 2.45) is 0 Å². The smallest absolute Gasteiger partial charge is 0.226 e. The van der Waals surface area contributed by atoms with Crippen LogP contribution in [0.4, 0.5) is 5.95 Å². The Labute approximate surface area is 147 Å². The van der Waals surface area contributed by atoms with Gasteiger partial charge in [0.15, 0.2) is 0 Å². The zero-order valence-electron chi connectivity index (χ0n) is 14.4. The average Bonchev–Trinajstić information content (AvgIpc) is 3.31. The van der Waals surface area contributed by atoms with Crippen LogP contribution in [0.2, 0.25) is 0 Å². The van der Waals surface area contributed by atoms with Crippen LogP contribution in [0.15, 0.2) is 42.7 Å². The Bertz CT molecular complexity index is 899. The van der Waals surface area contributed by atoms with Gasteiger partial charge < -0.3 is 4.90 Å². The minimum absolute atomic E-state index is 0.550. The van der Waals surface area contributed by atoms with E-state index >= 15 is 0 Å². The molecule has 2 aliphatic rings. The van der Waals surface area contributed by atoms with E-state index in [1.807, 2.05) is 16.9 Å². The molecule has 1 aliphatic heterocycles. The van der Waals surface area contributed by atoms with Crippen LogP contribution in [0.3, 0.4) is 0 Å². The molecule has 5 heteroatoms. The summed E-state index contributed by atoms with van der Waals surface area (Å²) in [5, 5.41) is 4.30. The molecule has 5 nitrogen and oxygen atoms in total. The molecule has 25 heavy (non-hydrogen) atoms. The normalized spacial score (nSPS) is 18.9. The summed E-state index contributed by atoms with van der Waals surface area (Å²) < 4.78 is 1.88.